The summed E-state index contributed by atoms with van der Waals surface area (Å²) in [4.78, 5) is 26.9. The summed E-state index contributed by atoms with van der Waals surface area (Å²) in [5.41, 5.74) is 0.570. The summed E-state index contributed by atoms with van der Waals surface area (Å²) in [7, 11) is 1.61. The highest BCUT2D eigenvalue weighted by Crippen LogP contribution is 2.29. The number of carboxylic acids is 1. The molecular formula is C13H19N3O3S. The molecule has 110 valence electrons. The van der Waals surface area contributed by atoms with E-state index in [9.17, 15) is 14.7 Å². The topological polar surface area (TPSA) is 73.7 Å². The van der Waals surface area contributed by atoms with Crippen molar-refractivity contribution in [3.63, 3.8) is 0 Å². The summed E-state index contributed by atoms with van der Waals surface area (Å²) >= 11 is 1.05. The van der Waals surface area contributed by atoms with Gasteiger partial charge in [0.2, 0.25) is 0 Å². The van der Waals surface area contributed by atoms with E-state index in [4.69, 9.17) is 0 Å². The molecule has 0 atom stereocenters. The maximum atomic E-state index is 12.4. The summed E-state index contributed by atoms with van der Waals surface area (Å²) < 4.78 is 4.05. The number of hydrogen-bond acceptors (Lipinski definition) is 4. The summed E-state index contributed by atoms with van der Waals surface area (Å²) in [6.07, 6.45) is 1.99. The van der Waals surface area contributed by atoms with Crippen molar-refractivity contribution in [3.05, 3.63) is 11.3 Å². The highest BCUT2D eigenvalue weighted by Gasteiger charge is 2.28. The van der Waals surface area contributed by atoms with Gasteiger partial charge in [0.15, 0.2) is 0 Å². The number of nitrogens with zero attached hydrogens (tertiary/aromatic N) is 3. The van der Waals surface area contributed by atoms with E-state index in [0.717, 1.165) is 37.5 Å². The molecule has 1 aliphatic heterocycles. The molecule has 1 aliphatic rings. The van der Waals surface area contributed by atoms with Crippen LogP contribution in [0, 0.1) is 12.8 Å². The fraction of sp³-hybridized carbons (Fsp3) is 0.615. The number of carbonyl (C=O) groups excluding carboxylic acids is 1. The van der Waals surface area contributed by atoms with Crippen LogP contribution >= 0.6 is 11.5 Å². The fourth-order valence-electron chi connectivity index (χ4n) is 2.33. The lowest BCUT2D eigenvalue weighted by molar-refractivity contribution is 0.0697. The van der Waals surface area contributed by atoms with Gasteiger partial charge < -0.3 is 10.0 Å². The number of hydrogen-bond donors (Lipinski definition) is 1. The molecule has 1 aromatic heterocycles. The standard InChI is InChI=1S/C13H19N3O3S/c1-8-4-6-16(7-5-8)13(19)15(3)11-10(12(17)18)9(2)14-20-11/h8H,4-7H2,1-3H3,(H,17,18). The second kappa shape index (κ2) is 5.78. The molecular weight excluding hydrogens is 278 g/mol. The van der Waals surface area contributed by atoms with Gasteiger partial charge in [0.25, 0.3) is 0 Å². The molecule has 20 heavy (non-hydrogen) atoms. The Hall–Kier alpha value is -1.63. The van der Waals surface area contributed by atoms with Gasteiger partial charge in [0.05, 0.1) is 5.69 Å². The minimum Gasteiger partial charge on any atom is -0.478 e. The third kappa shape index (κ3) is 2.77. The number of carboxylic acid groups (broad SMARTS) is 1. The minimum absolute atomic E-state index is 0.122. The number of anilines is 1. The lowest BCUT2D eigenvalue weighted by atomic mass is 10.00. The number of aryl methyl sites for hydroxylation is 1. The van der Waals surface area contributed by atoms with Crippen molar-refractivity contribution < 1.29 is 14.7 Å². The molecule has 2 rings (SSSR count). The first kappa shape index (κ1) is 14.8. The zero-order chi connectivity index (χ0) is 14.9. The SMILES string of the molecule is Cc1nsc(N(C)C(=O)N2CCC(C)CC2)c1C(=O)O. The van der Waals surface area contributed by atoms with Crippen molar-refractivity contribution in [1.29, 1.82) is 0 Å². The lowest BCUT2D eigenvalue weighted by Gasteiger charge is -2.33. The molecule has 0 saturated carbocycles. The number of urea groups is 1. The number of aromatic carboxylic acids is 1. The Bertz CT molecular complexity index is 521. The number of rotatable bonds is 2. The lowest BCUT2D eigenvalue weighted by Crippen LogP contribution is -2.45. The first-order valence-corrected chi connectivity index (χ1v) is 7.41. The van der Waals surface area contributed by atoms with E-state index in [0.29, 0.717) is 16.6 Å². The molecule has 0 aromatic carbocycles. The Kier molecular flexibility index (Phi) is 4.27. The zero-order valence-corrected chi connectivity index (χ0v) is 12.7. The maximum absolute atomic E-state index is 12.4. The molecule has 1 N–H and O–H groups in total. The molecule has 0 aliphatic carbocycles. The molecule has 6 nitrogen and oxygen atoms in total. The number of aromatic nitrogens is 1. The smallest absolute Gasteiger partial charge is 0.340 e. The van der Waals surface area contributed by atoms with Crippen molar-refractivity contribution in [2.75, 3.05) is 25.0 Å². The van der Waals surface area contributed by atoms with Crippen molar-refractivity contribution in [2.24, 2.45) is 5.92 Å². The summed E-state index contributed by atoms with van der Waals surface area (Å²) in [6, 6.07) is -0.150. The second-order valence-corrected chi connectivity index (χ2v) is 6.02. The van der Waals surface area contributed by atoms with Crippen LogP contribution in [0.5, 0.6) is 0 Å². The third-order valence-electron chi connectivity index (χ3n) is 3.70. The predicted molar refractivity (Wildman–Crippen MR) is 77.6 cm³/mol. The van der Waals surface area contributed by atoms with Crippen LogP contribution in [0.3, 0.4) is 0 Å². The van der Waals surface area contributed by atoms with E-state index in [1.807, 2.05) is 0 Å². The van der Waals surface area contributed by atoms with Gasteiger partial charge in [-0.2, -0.15) is 4.37 Å². The van der Waals surface area contributed by atoms with Crippen LogP contribution in [-0.4, -0.2) is 46.5 Å². The number of amides is 2. The van der Waals surface area contributed by atoms with Crippen LogP contribution in [0.1, 0.15) is 35.8 Å². The Labute approximate surface area is 122 Å². The van der Waals surface area contributed by atoms with Gasteiger partial charge in [-0.15, -0.1) is 0 Å². The Morgan fingerprint density at radius 2 is 2.00 bits per heavy atom. The molecule has 1 saturated heterocycles. The largest absolute Gasteiger partial charge is 0.478 e. The average Bonchev–Trinajstić information content (AvgIpc) is 2.80. The molecule has 2 heterocycles. The van der Waals surface area contributed by atoms with Crippen LogP contribution in [-0.2, 0) is 0 Å². The monoisotopic (exact) mass is 297 g/mol. The first-order valence-electron chi connectivity index (χ1n) is 6.64. The fourth-order valence-corrected chi connectivity index (χ4v) is 3.17. The average molecular weight is 297 g/mol. The Morgan fingerprint density at radius 1 is 1.40 bits per heavy atom. The van der Waals surface area contributed by atoms with Crippen molar-refractivity contribution in [1.82, 2.24) is 9.27 Å². The number of piperidine rings is 1. The molecule has 2 amide bonds. The predicted octanol–water partition coefficient (Wildman–Crippen LogP) is 2.44. The Morgan fingerprint density at radius 3 is 2.55 bits per heavy atom. The van der Waals surface area contributed by atoms with Gasteiger partial charge in [-0.1, -0.05) is 6.92 Å². The molecule has 1 aromatic rings. The molecule has 0 spiro atoms. The molecule has 0 radical (unpaired) electrons. The van der Waals surface area contributed by atoms with Crippen LogP contribution in [0.4, 0.5) is 9.80 Å². The summed E-state index contributed by atoms with van der Waals surface area (Å²) in [5.74, 6) is -0.400. The normalized spacial score (nSPS) is 16.2. The molecule has 0 bridgehead atoms. The van der Waals surface area contributed by atoms with Crippen LogP contribution in [0.25, 0.3) is 0 Å². The van der Waals surface area contributed by atoms with Gasteiger partial charge in [-0.25, -0.2) is 9.59 Å². The Balaban J connectivity index is 2.17. The third-order valence-corrected chi connectivity index (χ3v) is 4.72. The first-order chi connectivity index (χ1) is 9.41. The van der Waals surface area contributed by atoms with Gasteiger partial charge in [-0.05, 0) is 37.2 Å². The number of likely N-dealkylation sites (tertiary alicyclic amines) is 1. The van der Waals surface area contributed by atoms with Gasteiger partial charge in [-0.3, -0.25) is 4.90 Å². The van der Waals surface area contributed by atoms with E-state index in [2.05, 4.69) is 11.3 Å². The van der Waals surface area contributed by atoms with Gasteiger partial charge in [0.1, 0.15) is 10.6 Å². The van der Waals surface area contributed by atoms with Gasteiger partial charge in [0, 0.05) is 20.1 Å². The van der Waals surface area contributed by atoms with Crippen molar-refractivity contribution >= 4 is 28.5 Å². The van der Waals surface area contributed by atoms with Crippen LogP contribution < -0.4 is 4.90 Å². The zero-order valence-electron chi connectivity index (χ0n) is 11.9. The molecule has 1 fully saturated rings. The summed E-state index contributed by atoms with van der Waals surface area (Å²) in [5, 5.41) is 9.63. The summed E-state index contributed by atoms with van der Waals surface area (Å²) in [6.45, 7) is 5.28. The van der Waals surface area contributed by atoms with E-state index in [-0.39, 0.29) is 11.6 Å². The van der Waals surface area contributed by atoms with Crippen LogP contribution in [0.2, 0.25) is 0 Å². The van der Waals surface area contributed by atoms with E-state index < -0.39 is 5.97 Å². The highest BCUT2D eigenvalue weighted by molar-refractivity contribution is 7.11. The van der Waals surface area contributed by atoms with Crippen molar-refractivity contribution in [3.8, 4) is 0 Å². The quantitative estimate of drug-likeness (QED) is 0.910. The highest BCUT2D eigenvalue weighted by atomic mass is 32.1. The minimum atomic E-state index is -1.04. The van der Waals surface area contributed by atoms with Gasteiger partial charge >= 0.3 is 12.0 Å². The maximum Gasteiger partial charge on any atom is 0.340 e. The van der Waals surface area contributed by atoms with Crippen LogP contribution in [0.15, 0.2) is 0 Å². The molecule has 7 heteroatoms. The van der Waals surface area contributed by atoms with E-state index >= 15 is 0 Å². The van der Waals surface area contributed by atoms with E-state index in [1.165, 1.54) is 4.90 Å². The molecule has 0 unspecified atom stereocenters. The second-order valence-electron chi connectivity index (χ2n) is 5.26. The number of carbonyl (C=O) groups is 2. The van der Waals surface area contributed by atoms with E-state index in [1.54, 1.807) is 18.9 Å². The van der Waals surface area contributed by atoms with Crippen molar-refractivity contribution in [2.45, 2.75) is 26.7 Å².